The van der Waals surface area contributed by atoms with Gasteiger partial charge in [-0.25, -0.2) is 0 Å². The van der Waals surface area contributed by atoms with Crippen LogP contribution in [-0.4, -0.2) is 43.5 Å². The van der Waals surface area contributed by atoms with Crippen LogP contribution in [0.4, 0.5) is 0 Å². The highest BCUT2D eigenvalue weighted by Crippen LogP contribution is 2.23. The molecule has 1 aliphatic carbocycles. The van der Waals surface area contributed by atoms with Gasteiger partial charge in [-0.1, -0.05) is 12.1 Å². The van der Waals surface area contributed by atoms with Crippen LogP contribution >= 0.6 is 0 Å². The smallest absolute Gasteiger partial charge is 0.176 e. The molecular weight excluding hydrogens is 238 g/mol. The molecule has 19 heavy (non-hydrogen) atoms. The van der Waals surface area contributed by atoms with Crippen molar-refractivity contribution < 1.29 is 9.53 Å². The van der Waals surface area contributed by atoms with Crippen LogP contribution in [0.25, 0.3) is 0 Å². The number of carbonyl (C=O) groups is 1. The lowest BCUT2D eigenvalue weighted by atomic mass is 10.0. The maximum atomic E-state index is 12.3. The van der Waals surface area contributed by atoms with Crippen LogP contribution in [0.2, 0.25) is 0 Å². The molecule has 0 N–H and O–H groups in total. The van der Waals surface area contributed by atoms with E-state index >= 15 is 0 Å². The van der Waals surface area contributed by atoms with Crippen molar-refractivity contribution in [3.63, 3.8) is 0 Å². The first kappa shape index (κ1) is 12.8. The van der Waals surface area contributed by atoms with Crippen molar-refractivity contribution in [1.29, 1.82) is 0 Å². The minimum atomic E-state index is 0.247. The van der Waals surface area contributed by atoms with E-state index in [2.05, 4.69) is 17.0 Å². The summed E-state index contributed by atoms with van der Waals surface area (Å²) < 4.78 is 5.42. The van der Waals surface area contributed by atoms with Crippen LogP contribution in [-0.2, 0) is 17.6 Å². The Balaban J connectivity index is 1.66. The number of Topliss-reactive ketones (excluding diaryl/α,β-unsaturated/α-hetero) is 1. The summed E-state index contributed by atoms with van der Waals surface area (Å²) in [4.78, 5) is 14.6. The van der Waals surface area contributed by atoms with Crippen LogP contribution in [0.1, 0.15) is 34.3 Å². The summed E-state index contributed by atoms with van der Waals surface area (Å²) in [6.07, 6.45) is 4.56. The second-order valence-corrected chi connectivity index (χ2v) is 5.50. The average molecular weight is 259 g/mol. The van der Waals surface area contributed by atoms with E-state index in [9.17, 15) is 4.79 Å². The van der Waals surface area contributed by atoms with Crippen LogP contribution in [0.15, 0.2) is 18.2 Å². The summed E-state index contributed by atoms with van der Waals surface area (Å²) in [6.45, 7) is 3.94. The minimum absolute atomic E-state index is 0.247. The first-order chi connectivity index (χ1) is 9.33. The van der Waals surface area contributed by atoms with Crippen molar-refractivity contribution in [3.8, 4) is 0 Å². The number of rotatable bonds is 3. The number of aryl methyl sites for hydroxylation is 2. The van der Waals surface area contributed by atoms with Gasteiger partial charge in [-0.15, -0.1) is 0 Å². The summed E-state index contributed by atoms with van der Waals surface area (Å²) in [5, 5.41) is 0. The molecule has 0 aromatic heterocycles. The number of hydrogen-bond acceptors (Lipinski definition) is 3. The van der Waals surface area contributed by atoms with E-state index in [1.54, 1.807) is 0 Å². The van der Waals surface area contributed by atoms with E-state index in [4.69, 9.17) is 4.74 Å². The predicted octanol–water partition coefficient (Wildman–Crippen LogP) is 2.08. The van der Waals surface area contributed by atoms with Crippen molar-refractivity contribution in [1.82, 2.24) is 4.90 Å². The topological polar surface area (TPSA) is 29.5 Å². The Kier molecular flexibility index (Phi) is 3.95. The molecule has 1 saturated heterocycles. The Hall–Kier alpha value is -1.19. The second-order valence-electron chi connectivity index (χ2n) is 5.50. The monoisotopic (exact) mass is 259 g/mol. The molecule has 0 bridgehead atoms. The van der Waals surface area contributed by atoms with Gasteiger partial charge in [0.05, 0.1) is 13.2 Å². The molecule has 3 heteroatoms. The van der Waals surface area contributed by atoms with Crippen molar-refractivity contribution in [2.24, 2.45) is 0 Å². The fraction of sp³-hybridized carbons (Fsp3) is 0.562. The Morgan fingerprint density at radius 3 is 2.95 bits per heavy atom. The Labute approximate surface area is 114 Å². The highest BCUT2D eigenvalue weighted by atomic mass is 16.5. The lowest BCUT2D eigenvalue weighted by Gasteiger charge is -2.18. The standard InChI is InChI=1S/C16H21NO2/c18-16(12-17-7-2-9-19-10-8-17)15-6-5-13-3-1-4-14(13)11-15/h5-6,11H,1-4,7-10,12H2. The van der Waals surface area contributed by atoms with Gasteiger partial charge in [0.25, 0.3) is 0 Å². The number of hydrogen-bond donors (Lipinski definition) is 0. The van der Waals surface area contributed by atoms with Crippen molar-refractivity contribution in [2.45, 2.75) is 25.7 Å². The number of ether oxygens (including phenoxy) is 1. The minimum Gasteiger partial charge on any atom is -0.380 e. The third-order valence-electron chi connectivity index (χ3n) is 4.10. The van der Waals surface area contributed by atoms with Crippen LogP contribution < -0.4 is 0 Å². The molecule has 0 radical (unpaired) electrons. The zero-order valence-corrected chi connectivity index (χ0v) is 11.4. The van der Waals surface area contributed by atoms with Crippen molar-refractivity contribution in [3.05, 3.63) is 34.9 Å². The summed E-state index contributed by atoms with van der Waals surface area (Å²) in [7, 11) is 0. The SMILES string of the molecule is O=C(CN1CCCOCC1)c1ccc2c(c1)CCC2. The highest BCUT2D eigenvalue weighted by molar-refractivity contribution is 5.97. The molecule has 1 fully saturated rings. The van der Waals surface area contributed by atoms with Gasteiger partial charge in [0.2, 0.25) is 0 Å². The van der Waals surface area contributed by atoms with Gasteiger partial charge in [-0.3, -0.25) is 9.69 Å². The molecule has 1 aromatic rings. The van der Waals surface area contributed by atoms with E-state index in [-0.39, 0.29) is 5.78 Å². The first-order valence-electron chi connectivity index (χ1n) is 7.28. The molecule has 0 spiro atoms. The third kappa shape index (κ3) is 3.04. The molecule has 3 rings (SSSR count). The number of nitrogens with zero attached hydrogens (tertiary/aromatic N) is 1. The highest BCUT2D eigenvalue weighted by Gasteiger charge is 2.17. The molecule has 0 saturated carbocycles. The Morgan fingerprint density at radius 1 is 1.11 bits per heavy atom. The van der Waals surface area contributed by atoms with Gasteiger partial charge in [0, 0.05) is 25.3 Å². The van der Waals surface area contributed by atoms with Gasteiger partial charge in [0.1, 0.15) is 0 Å². The van der Waals surface area contributed by atoms with Crippen LogP contribution in [0, 0.1) is 0 Å². The largest absolute Gasteiger partial charge is 0.380 e. The van der Waals surface area contributed by atoms with Gasteiger partial charge >= 0.3 is 0 Å². The van der Waals surface area contributed by atoms with E-state index in [1.165, 1.54) is 24.0 Å². The molecule has 1 heterocycles. The first-order valence-corrected chi connectivity index (χ1v) is 7.28. The average Bonchev–Trinajstić information content (AvgIpc) is 2.75. The van der Waals surface area contributed by atoms with Crippen molar-refractivity contribution >= 4 is 5.78 Å². The maximum absolute atomic E-state index is 12.3. The number of fused-ring (bicyclic) bond motifs is 1. The fourth-order valence-corrected chi connectivity index (χ4v) is 3.00. The van der Waals surface area contributed by atoms with Crippen LogP contribution in [0.5, 0.6) is 0 Å². The van der Waals surface area contributed by atoms with Crippen LogP contribution in [0.3, 0.4) is 0 Å². The number of carbonyl (C=O) groups excluding carboxylic acids is 1. The van der Waals surface area contributed by atoms with Gasteiger partial charge in [-0.05, 0) is 42.9 Å². The molecule has 0 unspecified atom stereocenters. The summed E-state index contributed by atoms with van der Waals surface area (Å²) >= 11 is 0. The molecule has 0 amide bonds. The van der Waals surface area contributed by atoms with E-state index in [0.29, 0.717) is 6.54 Å². The summed E-state index contributed by atoms with van der Waals surface area (Å²) in [5.41, 5.74) is 3.69. The van der Waals surface area contributed by atoms with Gasteiger partial charge in [-0.2, -0.15) is 0 Å². The second kappa shape index (κ2) is 5.85. The number of benzene rings is 1. The molecule has 102 valence electrons. The lowest BCUT2D eigenvalue weighted by Crippen LogP contribution is -2.32. The molecule has 2 aliphatic rings. The third-order valence-corrected chi connectivity index (χ3v) is 4.10. The summed E-state index contributed by atoms with van der Waals surface area (Å²) in [6, 6.07) is 6.25. The number of ketones is 1. The quantitative estimate of drug-likeness (QED) is 0.778. The Bertz CT molecular complexity index is 462. The fourth-order valence-electron chi connectivity index (χ4n) is 3.00. The zero-order valence-electron chi connectivity index (χ0n) is 11.4. The predicted molar refractivity (Wildman–Crippen MR) is 74.7 cm³/mol. The zero-order chi connectivity index (χ0) is 13.1. The Morgan fingerprint density at radius 2 is 2.00 bits per heavy atom. The van der Waals surface area contributed by atoms with E-state index in [1.807, 2.05) is 6.07 Å². The van der Waals surface area contributed by atoms with E-state index < -0.39 is 0 Å². The molecule has 1 aliphatic heterocycles. The van der Waals surface area contributed by atoms with E-state index in [0.717, 1.165) is 44.7 Å². The van der Waals surface area contributed by atoms with Crippen molar-refractivity contribution in [2.75, 3.05) is 32.8 Å². The molecule has 3 nitrogen and oxygen atoms in total. The van der Waals surface area contributed by atoms with Gasteiger partial charge < -0.3 is 4.74 Å². The lowest BCUT2D eigenvalue weighted by molar-refractivity contribution is 0.0922. The van der Waals surface area contributed by atoms with Gasteiger partial charge in [0.15, 0.2) is 5.78 Å². The molecule has 1 aromatic carbocycles. The molecule has 0 atom stereocenters. The molecular formula is C16H21NO2. The maximum Gasteiger partial charge on any atom is 0.176 e. The normalized spacial score (nSPS) is 20.0. The summed E-state index contributed by atoms with van der Waals surface area (Å²) in [5.74, 6) is 0.247.